The Morgan fingerprint density at radius 1 is 0.857 bits per heavy atom. The van der Waals surface area contributed by atoms with Crippen LogP contribution >= 0.6 is 11.6 Å². The van der Waals surface area contributed by atoms with E-state index in [-0.39, 0.29) is 5.69 Å². The minimum absolute atomic E-state index is 0.219. The minimum Gasteiger partial charge on any atom is -0.302 e. The van der Waals surface area contributed by atoms with Gasteiger partial charge in [-0.25, -0.2) is 4.90 Å². The lowest BCUT2D eigenvalue weighted by atomic mass is 9.42. The zero-order chi connectivity index (χ0) is 24.9. The van der Waals surface area contributed by atoms with Crippen molar-refractivity contribution in [2.75, 3.05) is 4.90 Å². The molecule has 0 N–H and O–H groups in total. The zero-order valence-corrected chi connectivity index (χ0v) is 19.0. The summed E-state index contributed by atoms with van der Waals surface area (Å²) in [6, 6.07) is 17.4. The van der Waals surface area contributed by atoms with Gasteiger partial charge in [0.25, 0.3) is 0 Å². The van der Waals surface area contributed by atoms with Crippen LogP contribution in [0.5, 0.6) is 0 Å². The smallest absolute Gasteiger partial charge is 0.302 e. The predicted molar refractivity (Wildman–Crippen MR) is 122 cm³/mol. The fourth-order valence-electron chi connectivity index (χ4n) is 6.59. The average molecular weight is 496 g/mol. The van der Waals surface area contributed by atoms with Crippen LogP contribution in [-0.4, -0.2) is 18.1 Å². The summed E-state index contributed by atoms with van der Waals surface area (Å²) in [4.78, 5) is 41.7. The Labute approximate surface area is 203 Å². The number of amides is 2. The summed E-state index contributed by atoms with van der Waals surface area (Å²) in [5.74, 6) is -3.38. The van der Waals surface area contributed by atoms with Gasteiger partial charge in [0.15, 0.2) is 0 Å². The Hall–Kier alpha value is -3.45. The molecule has 0 aromatic heterocycles. The molecule has 0 unspecified atom stereocenters. The second-order valence-electron chi connectivity index (χ2n) is 9.41. The molecule has 0 saturated carbocycles. The van der Waals surface area contributed by atoms with Crippen LogP contribution in [0.1, 0.15) is 34.7 Å². The number of carbonyl (C=O) groups is 3. The van der Waals surface area contributed by atoms with Crippen molar-refractivity contribution in [1.82, 2.24) is 0 Å². The molecular weight excluding hydrogens is 479 g/mol. The molecule has 176 valence electrons. The van der Waals surface area contributed by atoms with Gasteiger partial charge in [-0.05, 0) is 40.5 Å². The summed E-state index contributed by atoms with van der Waals surface area (Å²) in [6.07, 6.45) is -4.05. The highest BCUT2D eigenvalue weighted by Crippen LogP contribution is 2.66. The van der Waals surface area contributed by atoms with Crippen LogP contribution in [0.25, 0.3) is 0 Å². The fourth-order valence-corrected chi connectivity index (χ4v) is 6.81. The first-order valence-corrected chi connectivity index (χ1v) is 11.4. The van der Waals surface area contributed by atoms with Crippen molar-refractivity contribution in [2.24, 2.45) is 11.8 Å². The standard InChI is InChI=1S/C27H17ClF3NO3/c1-25-15-6-2-4-8-17(15)26(13-33,18-9-5-3-7-16(18)25)22-21(25)23(34)32(24(22)35)14-10-11-20(28)19(12-14)27(29,30)31/h2-13,21-22H,1H3/t21-,22-,25?,26?/m0/s1. The van der Waals surface area contributed by atoms with Crippen molar-refractivity contribution in [3.8, 4) is 0 Å². The maximum Gasteiger partial charge on any atom is 0.417 e. The second kappa shape index (κ2) is 6.82. The zero-order valence-electron chi connectivity index (χ0n) is 18.3. The summed E-state index contributed by atoms with van der Waals surface area (Å²) in [5, 5.41) is -0.533. The van der Waals surface area contributed by atoms with Gasteiger partial charge in [-0.2, -0.15) is 13.2 Å². The minimum atomic E-state index is -4.77. The highest BCUT2D eigenvalue weighted by atomic mass is 35.5. The molecule has 2 amide bonds. The first kappa shape index (κ1) is 22.0. The van der Waals surface area contributed by atoms with Gasteiger partial charge in [0.05, 0.1) is 33.5 Å². The van der Waals surface area contributed by atoms with Crippen LogP contribution in [-0.2, 0) is 31.4 Å². The van der Waals surface area contributed by atoms with Gasteiger partial charge >= 0.3 is 6.18 Å². The third-order valence-corrected chi connectivity index (χ3v) is 8.31. The van der Waals surface area contributed by atoms with Crippen LogP contribution in [0.4, 0.5) is 18.9 Å². The number of alkyl halides is 3. The van der Waals surface area contributed by atoms with Crippen molar-refractivity contribution in [3.63, 3.8) is 0 Å². The Balaban J connectivity index is 1.63. The van der Waals surface area contributed by atoms with Gasteiger partial charge in [-0.3, -0.25) is 9.59 Å². The number of hydrogen-bond donors (Lipinski definition) is 0. The Kier molecular flexibility index (Phi) is 4.29. The number of anilines is 1. The molecule has 1 saturated heterocycles. The van der Waals surface area contributed by atoms with E-state index in [1.807, 2.05) is 31.2 Å². The third kappa shape index (κ3) is 2.46. The topological polar surface area (TPSA) is 54.5 Å². The van der Waals surface area contributed by atoms with Gasteiger partial charge in [0.1, 0.15) is 6.29 Å². The molecule has 7 rings (SSSR count). The van der Waals surface area contributed by atoms with Gasteiger partial charge < -0.3 is 4.79 Å². The number of nitrogens with zero attached hydrogens (tertiary/aromatic N) is 1. The molecule has 0 spiro atoms. The van der Waals surface area contributed by atoms with E-state index in [0.29, 0.717) is 17.2 Å². The number of rotatable bonds is 2. The number of carbonyl (C=O) groups excluding carboxylic acids is 3. The highest BCUT2D eigenvalue weighted by Gasteiger charge is 2.72. The molecule has 2 bridgehead atoms. The molecule has 3 aromatic carbocycles. The van der Waals surface area contributed by atoms with E-state index in [0.717, 1.165) is 28.4 Å². The quantitative estimate of drug-likeness (QED) is 0.359. The Morgan fingerprint density at radius 2 is 1.37 bits per heavy atom. The summed E-state index contributed by atoms with van der Waals surface area (Å²) < 4.78 is 40.7. The summed E-state index contributed by atoms with van der Waals surface area (Å²) in [6.45, 7) is 1.87. The van der Waals surface area contributed by atoms with Crippen LogP contribution in [0, 0.1) is 11.8 Å². The lowest BCUT2D eigenvalue weighted by molar-refractivity contribution is -0.137. The monoisotopic (exact) mass is 495 g/mol. The van der Waals surface area contributed by atoms with Crippen LogP contribution in [0.3, 0.4) is 0 Å². The molecule has 4 nitrogen and oxygen atoms in total. The first-order chi connectivity index (χ1) is 16.6. The number of benzene rings is 3. The summed E-state index contributed by atoms with van der Waals surface area (Å²) in [5.41, 5.74) is -0.926. The third-order valence-electron chi connectivity index (χ3n) is 7.98. The van der Waals surface area contributed by atoms with Gasteiger partial charge in [0, 0.05) is 5.41 Å². The van der Waals surface area contributed by atoms with Crippen LogP contribution in [0.15, 0.2) is 66.7 Å². The van der Waals surface area contributed by atoms with Gasteiger partial charge in [-0.1, -0.05) is 67.1 Å². The Morgan fingerprint density at radius 3 is 1.89 bits per heavy atom. The molecule has 1 aliphatic heterocycles. The first-order valence-electron chi connectivity index (χ1n) is 11.0. The van der Waals surface area contributed by atoms with Crippen LogP contribution in [0.2, 0.25) is 5.02 Å². The molecule has 8 heteroatoms. The number of aldehydes is 1. The molecular formula is C27H17ClF3NO3. The van der Waals surface area contributed by atoms with Crippen molar-refractivity contribution in [2.45, 2.75) is 23.9 Å². The molecule has 4 aliphatic rings. The van der Waals surface area contributed by atoms with Crippen molar-refractivity contribution in [1.29, 1.82) is 0 Å². The highest BCUT2D eigenvalue weighted by molar-refractivity contribution is 6.32. The van der Waals surface area contributed by atoms with E-state index in [4.69, 9.17) is 11.6 Å². The van der Waals surface area contributed by atoms with E-state index in [2.05, 4.69) is 0 Å². The maximum atomic E-state index is 13.9. The SMILES string of the molecule is CC12c3ccccc3C(C=O)(c3ccccc31)[C@@H]1C(=O)N(c3ccc(Cl)c(C(F)(F)F)c3)C(=O)[C@H]12. The second-order valence-corrected chi connectivity index (χ2v) is 9.82. The largest absolute Gasteiger partial charge is 0.417 e. The molecule has 1 heterocycles. The summed E-state index contributed by atoms with van der Waals surface area (Å²) >= 11 is 5.77. The normalized spacial score (nSPS) is 28.5. The van der Waals surface area contributed by atoms with Crippen molar-refractivity contribution >= 4 is 35.4 Å². The van der Waals surface area contributed by atoms with Crippen molar-refractivity contribution in [3.05, 3.63) is 99.6 Å². The van der Waals surface area contributed by atoms with Gasteiger partial charge in [0.2, 0.25) is 11.8 Å². The molecule has 1 fully saturated rings. The van der Waals surface area contributed by atoms with E-state index >= 15 is 0 Å². The molecule has 3 aliphatic carbocycles. The number of halogens is 4. The lowest BCUT2D eigenvalue weighted by Gasteiger charge is -2.56. The van der Waals surface area contributed by atoms with E-state index in [9.17, 15) is 27.6 Å². The summed E-state index contributed by atoms with van der Waals surface area (Å²) in [7, 11) is 0. The molecule has 3 aromatic rings. The van der Waals surface area contributed by atoms with Crippen molar-refractivity contribution < 1.29 is 27.6 Å². The lowest BCUT2D eigenvalue weighted by Crippen LogP contribution is -2.61. The molecule has 35 heavy (non-hydrogen) atoms. The molecule has 2 atom stereocenters. The fraction of sp³-hybridized carbons (Fsp3) is 0.222. The number of hydrogen-bond acceptors (Lipinski definition) is 3. The number of imide groups is 1. The van der Waals surface area contributed by atoms with Crippen LogP contribution < -0.4 is 4.90 Å². The Bertz CT molecular complexity index is 1420. The van der Waals surface area contributed by atoms with Gasteiger partial charge in [-0.15, -0.1) is 0 Å². The van der Waals surface area contributed by atoms with E-state index in [1.54, 1.807) is 24.3 Å². The van der Waals surface area contributed by atoms with E-state index < -0.39 is 51.2 Å². The maximum absolute atomic E-state index is 13.9. The predicted octanol–water partition coefficient (Wildman–Crippen LogP) is 5.28. The molecule has 0 radical (unpaired) electrons. The van der Waals surface area contributed by atoms with E-state index in [1.165, 1.54) is 6.07 Å². The average Bonchev–Trinajstić information content (AvgIpc) is 3.11.